The number of alkyl halides is 2. The van der Waals surface area contributed by atoms with E-state index in [-0.39, 0.29) is 13.0 Å². The van der Waals surface area contributed by atoms with Crippen LogP contribution in [0.15, 0.2) is 0 Å². The van der Waals surface area contributed by atoms with Gasteiger partial charge in [-0.2, -0.15) is 0 Å². The fraction of sp³-hybridized carbons (Fsp3) is 0.900. The maximum absolute atomic E-state index is 13.5. The smallest absolute Gasteiger partial charge is 0.270 e. The summed E-state index contributed by atoms with van der Waals surface area (Å²) in [7, 11) is 1.40. The quantitative estimate of drug-likeness (QED) is 0.742. The van der Waals surface area contributed by atoms with Crippen LogP contribution in [-0.2, 0) is 9.53 Å². The van der Waals surface area contributed by atoms with Gasteiger partial charge in [-0.1, -0.05) is 0 Å². The molecule has 3 heterocycles. The normalized spacial score (nSPS) is 41.4. The van der Waals surface area contributed by atoms with Crippen molar-refractivity contribution in [1.29, 1.82) is 0 Å². The molecule has 0 aromatic carbocycles. The van der Waals surface area contributed by atoms with Gasteiger partial charge in [-0.3, -0.25) is 9.69 Å². The van der Waals surface area contributed by atoms with Crippen molar-refractivity contribution in [3.05, 3.63) is 0 Å². The van der Waals surface area contributed by atoms with Crippen LogP contribution in [0, 0.1) is 5.92 Å². The van der Waals surface area contributed by atoms with Gasteiger partial charge in [0.05, 0.1) is 25.7 Å². The van der Waals surface area contributed by atoms with Crippen molar-refractivity contribution in [2.45, 2.75) is 17.9 Å². The van der Waals surface area contributed by atoms with Crippen LogP contribution in [0.2, 0.25) is 0 Å². The zero-order chi connectivity index (χ0) is 12.0. The van der Waals surface area contributed by atoms with E-state index < -0.39 is 36.3 Å². The monoisotopic (exact) mass is 235 g/mol. The summed E-state index contributed by atoms with van der Waals surface area (Å²) in [6, 6.07) is 0. The summed E-state index contributed by atoms with van der Waals surface area (Å²) in [6.07, 6.45) is 0.164. The lowest BCUT2D eigenvalue weighted by molar-refractivity contribution is -0.203. The van der Waals surface area contributed by atoms with Gasteiger partial charge in [-0.25, -0.2) is 8.78 Å². The number of methoxy groups -OCH3 is 1. The van der Waals surface area contributed by atoms with E-state index in [0.717, 1.165) is 0 Å². The first-order valence-electron chi connectivity index (χ1n) is 5.25. The number of hydrogen-bond donors (Lipinski definition) is 1. The van der Waals surface area contributed by atoms with Crippen molar-refractivity contribution < 1.29 is 23.4 Å². The number of carbonyl (C=O) groups is 1. The molecule has 0 amide bonds. The lowest BCUT2D eigenvalue weighted by atomic mass is 9.72. The van der Waals surface area contributed by atoms with E-state index in [1.807, 2.05) is 0 Å². The third-order valence-electron chi connectivity index (χ3n) is 3.62. The Bertz CT molecular complexity index is 310. The number of carbonyl (C=O) groups excluding carboxylic acids is 1. The number of aliphatic hydroxyl groups excluding tert-OH is 1. The van der Waals surface area contributed by atoms with E-state index in [4.69, 9.17) is 4.74 Å². The van der Waals surface area contributed by atoms with Crippen molar-refractivity contribution in [3.8, 4) is 0 Å². The van der Waals surface area contributed by atoms with E-state index in [2.05, 4.69) is 0 Å². The maximum Gasteiger partial charge on any atom is 0.270 e. The van der Waals surface area contributed by atoms with Gasteiger partial charge in [0.2, 0.25) is 0 Å². The molecule has 1 unspecified atom stereocenters. The summed E-state index contributed by atoms with van der Waals surface area (Å²) in [6.45, 7) is -0.551. The number of nitrogens with zero attached hydrogens (tertiary/aromatic N) is 1. The molecule has 3 aliphatic rings. The van der Waals surface area contributed by atoms with Gasteiger partial charge >= 0.3 is 0 Å². The van der Waals surface area contributed by atoms with Gasteiger partial charge in [0.15, 0.2) is 5.78 Å². The highest BCUT2D eigenvalue weighted by Gasteiger charge is 2.63. The van der Waals surface area contributed by atoms with Crippen LogP contribution < -0.4 is 0 Å². The van der Waals surface area contributed by atoms with Gasteiger partial charge in [0.1, 0.15) is 5.54 Å². The van der Waals surface area contributed by atoms with Crippen LogP contribution in [0.25, 0.3) is 0 Å². The molecule has 3 rings (SSSR count). The first kappa shape index (κ1) is 11.9. The molecule has 6 heteroatoms. The molecular weight excluding hydrogens is 220 g/mol. The topological polar surface area (TPSA) is 49.8 Å². The highest BCUT2D eigenvalue weighted by atomic mass is 19.3. The molecule has 0 saturated carbocycles. The summed E-state index contributed by atoms with van der Waals surface area (Å²) >= 11 is 0. The molecule has 1 N–H and O–H groups in total. The Morgan fingerprint density at radius 3 is 2.75 bits per heavy atom. The number of fused-ring (bicyclic) bond motifs is 3. The van der Waals surface area contributed by atoms with Crippen LogP contribution >= 0.6 is 0 Å². The van der Waals surface area contributed by atoms with Crippen molar-refractivity contribution in [2.24, 2.45) is 5.92 Å². The van der Waals surface area contributed by atoms with E-state index in [0.29, 0.717) is 6.54 Å². The van der Waals surface area contributed by atoms with E-state index >= 15 is 0 Å². The molecule has 0 radical (unpaired) electrons. The molecule has 16 heavy (non-hydrogen) atoms. The second kappa shape index (κ2) is 3.72. The van der Waals surface area contributed by atoms with Gasteiger partial charge in [-0.05, 0) is 6.42 Å². The molecule has 0 aromatic rings. The second-order valence-corrected chi connectivity index (χ2v) is 4.51. The van der Waals surface area contributed by atoms with E-state index in [9.17, 15) is 18.7 Å². The number of piperidine rings is 3. The van der Waals surface area contributed by atoms with Crippen LogP contribution in [0.4, 0.5) is 8.78 Å². The summed E-state index contributed by atoms with van der Waals surface area (Å²) < 4.78 is 31.9. The fourth-order valence-corrected chi connectivity index (χ4v) is 2.73. The van der Waals surface area contributed by atoms with Crippen LogP contribution in [0.3, 0.4) is 0 Å². The molecule has 3 atom stereocenters. The second-order valence-electron chi connectivity index (χ2n) is 4.51. The summed E-state index contributed by atoms with van der Waals surface area (Å²) in [5.41, 5.74) is -1.25. The van der Waals surface area contributed by atoms with Crippen molar-refractivity contribution in [1.82, 2.24) is 4.90 Å². The first-order chi connectivity index (χ1) is 7.48. The number of ether oxygens (including phenoxy) is 1. The van der Waals surface area contributed by atoms with Crippen molar-refractivity contribution >= 4 is 5.78 Å². The predicted molar refractivity (Wildman–Crippen MR) is 51.3 cm³/mol. The van der Waals surface area contributed by atoms with Gasteiger partial charge in [0, 0.05) is 13.7 Å². The maximum atomic E-state index is 13.5. The summed E-state index contributed by atoms with van der Waals surface area (Å²) in [5, 5.41) is 9.35. The Balaban J connectivity index is 2.34. The van der Waals surface area contributed by atoms with Crippen molar-refractivity contribution in [3.63, 3.8) is 0 Å². The predicted octanol–water partition coefficient (Wildman–Crippen LogP) is -0.0962. The number of rotatable bonds is 3. The zero-order valence-corrected chi connectivity index (χ0v) is 9.08. The lowest BCUT2D eigenvalue weighted by Crippen LogP contribution is -2.74. The third-order valence-corrected chi connectivity index (χ3v) is 3.62. The Hall–Kier alpha value is -0.590. The minimum absolute atomic E-state index is 0.0328. The molecule has 0 aromatic heterocycles. The third kappa shape index (κ3) is 1.40. The van der Waals surface area contributed by atoms with Gasteiger partial charge < -0.3 is 9.84 Å². The fourth-order valence-electron chi connectivity index (χ4n) is 2.73. The van der Waals surface area contributed by atoms with Crippen LogP contribution in [0.1, 0.15) is 6.42 Å². The Kier molecular flexibility index (Phi) is 2.76. The molecule has 2 bridgehead atoms. The minimum atomic E-state index is -2.97. The molecule has 3 fully saturated rings. The first-order valence-corrected chi connectivity index (χ1v) is 5.25. The van der Waals surface area contributed by atoms with E-state index in [1.54, 1.807) is 0 Å². The standard InChI is InChI=1S/C10H15F2NO3/c1-16-6-9(5-14)8(15)7-2-3-13(9)4-10(7,11)12/h7,14H,2-6H2,1H3/t7-,9-/m1/s1. The average molecular weight is 235 g/mol. The molecule has 0 spiro atoms. The van der Waals surface area contributed by atoms with Gasteiger partial charge in [-0.15, -0.1) is 0 Å². The molecular formula is C10H15F2NO3. The van der Waals surface area contributed by atoms with Crippen LogP contribution in [0.5, 0.6) is 0 Å². The molecule has 92 valence electrons. The summed E-state index contributed by atoms with van der Waals surface area (Å²) in [4.78, 5) is 13.3. The van der Waals surface area contributed by atoms with Gasteiger partial charge in [0.25, 0.3) is 5.92 Å². The largest absolute Gasteiger partial charge is 0.394 e. The Labute approximate surface area is 92.2 Å². The highest BCUT2D eigenvalue weighted by Crippen LogP contribution is 2.44. The molecule has 3 aliphatic heterocycles. The Morgan fingerprint density at radius 1 is 1.62 bits per heavy atom. The average Bonchev–Trinajstić information content (AvgIpc) is 2.22. The number of ketones is 1. The molecule has 0 aliphatic carbocycles. The number of aliphatic hydroxyl groups is 1. The highest BCUT2D eigenvalue weighted by molar-refractivity contribution is 5.93. The number of hydrogen-bond acceptors (Lipinski definition) is 4. The lowest BCUT2D eigenvalue weighted by Gasteiger charge is -2.54. The van der Waals surface area contributed by atoms with E-state index in [1.165, 1.54) is 12.0 Å². The molecule has 4 nitrogen and oxygen atoms in total. The number of halogens is 2. The SMILES string of the molecule is COC[C@]1(CO)C(=O)[C@H]2CCN1CC2(F)F. The minimum Gasteiger partial charge on any atom is -0.394 e. The number of Topliss-reactive ketones (excluding diaryl/α,β-unsaturated/α-hetero) is 1. The summed E-state index contributed by atoms with van der Waals surface area (Å²) in [5.74, 6) is -4.82. The van der Waals surface area contributed by atoms with Crippen molar-refractivity contribution in [2.75, 3.05) is 33.4 Å². The zero-order valence-electron chi connectivity index (χ0n) is 9.08. The Morgan fingerprint density at radius 2 is 2.31 bits per heavy atom. The van der Waals surface area contributed by atoms with Crippen LogP contribution in [-0.4, -0.2) is 60.7 Å². The molecule has 3 saturated heterocycles.